The van der Waals surface area contributed by atoms with Crippen molar-refractivity contribution in [1.82, 2.24) is 4.57 Å². The number of hydrogen-bond donors (Lipinski definition) is 0. The van der Waals surface area contributed by atoms with Crippen LogP contribution in [0.15, 0.2) is 109 Å². The highest BCUT2D eigenvalue weighted by atomic mass is 15.2. The Morgan fingerprint density at radius 2 is 1.31 bits per heavy atom. The summed E-state index contributed by atoms with van der Waals surface area (Å²) in [7, 11) is 0. The van der Waals surface area contributed by atoms with E-state index in [-0.39, 0.29) is 12.1 Å². The fourth-order valence-corrected chi connectivity index (χ4v) is 7.96. The summed E-state index contributed by atoms with van der Waals surface area (Å²) in [4.78, 5) is 2.49. The highest BCUT2D eigenvalue weighted by Gasteiger charge is 2.47. The fraction of sp³-hybridized carbons (Fsp3) is 0.111. The molecule has 3 aliphatic rings. The summed E-state index contributed by atoms with van der Waals surface area (Å²) in [6.07, 6.45) is 0. The number of nitrogens with zero attached hydrogens (tertiary/aromatic N) is 2. The van der Waals surface area contributed by atoms with E-state index in [1.54, 1.807) is 0 Å². The van der Waals surface area contributed by atoms with Crippen LogP contribution < -0.4 is 21.3 Å². The maximum Gasteiger partial charge on any atom is 0.252 e. The molecule has 1 aromatic heterocycles. The highest BCUT2D eigenvalue weighted by Crippen LogP contribution is 2.55. The summed E-state index contributed by atoms with van der Waals surface area (Å²) in [5.74, 6) is 0. The molecule has 3 heterocycles. The zero-order valence-corrected chi connectivity index (χ0v) is 22.4. The quantitative estimate of drug-likeness (QED) is 0.225. The van der Waals surface area contributed by atoms with Crippen molar-refractivity contribution in [2.24, 2.45) is 0 Å². The normalized spacial score (nSPS) is 15.2. The maximum absolute atomic E-state index is 2.64. The van der Waals surface area contributed by atoms with Crippen molar-refractivity contribution in [3.05, 3.63) is 126 Å². The van der Waals surface area contributed by atoms with Gasteiger partial charge >= 0.3 is 0 Å². The molecule has 0 amide bonds. The van der Waals surface area contributed by atoms with Gasteiger partial charge in [-0.3, -0.25) is 0 Å². The Kier molecular flexibility index (Phi) is 3.91. The molecule has 6 aromatic rings. The minimum atomic E-state index is -0.101. The number of para-hydroxylation sites is 3. The zero-order chi connectivity index (χ0) is 26.0. The lowest BCUT2D eigenvalue weighted by atomic mass is 9.33. The SMILES string of the molecule is Cc1cc2c3c4c1c1c(n4-c4ccccc4B3c3ccccc3N2c2ccccc2)C(C)(C)c2ccccc2-1. The van der Waals surface area contributed by atoms with Crippen molar-refractivity contribution in [3.8, 4) is 16.8 Å². The van der Waals surface area contributed by atoms with Crippen molar-refractivity contribution in [2.45, 2.75) is 26.2 Å². The predicted octanol–water partition coefficient (Wildman–Crippen LogP) is 6.86. The second-order valence-corrected chi connectivity index (χ2v) is 11.8. The molecule has 5 aromatic carbocycles. The van der Waals surface area contributed by atoms with Crippen LogP contribution in [0.2, 0.25) is 0 Å². The van der Waals surface area contributed by atoms with Crippen LogP contribution in [0.3, 0.4) is 0 Å². The first-order valence-electron chi connectivity index (χ1n) is 13.9. The molecule has 184 valence electrons. The molecule has 2 nitrogen and oxygen atoms in total. The number of anilines is 3. The molecule has 0 saturated carbocycles. The van der Waals surface area contributed by atoms with Crippen LogP contribution >= 0.6 is 0 Å². The number of aromatic nitrogens is 1. The van der Waals surface area contributed by atoms with Gasteiger partial charge in [-0.05, 0) is 70.3 Å². The third kappa shape index (κ3) is 2.45. The fourth-order valence-electron chi connectivity index (χ4n) is 7.96. The van der Waals surface area contributed by atoms with E-state index in [9.17, 15) is 0 Å². The summed E-state index contributed by atoms with van der Waals surface area (Å²) in [6, 6.07) is 40.5. The number of benzene rings is 5. The van der Waals surface area contributed by atoms with E-state index < -0.39 is 0 Å². The van der Waals surface area contributed by atoms with Gasteiger partial charge in [-0.25, -0.2) is 0 Å². The Balaban J connectivity index is 1.52. The Morgan fingerprint density at radius 1 is 0.667 bits per heavy atom. The molecule has 0 radical (unpaired) electrons. The lowest BCUT2D eigenvalue weighted by molar-refractivity contribution is 0.624. The van der Waals surface area contributed by atoms with Gasteiger partial charge in [-0.15, -0.1) is 0 Å². The second kappa shape index (κ2) is 7.12. The molecule has 0 fully saturated rings. The van der Waals surface area contributed by atoms with Crippen molar-refractivity contribution in [2.75, 3.05) is 4.90 Å². The average Bonchev–Trinajstić information content (AvgIpc) is 3.45. The van der Waals surface area contributed by atoms with E-state index in [1.165, 1.54) is 78.0 Å². The van der Waals surface area contributed by atoms with Gasteiger partial charge in [0.1, 0.15) is 0 Å². The summed E-state index contributed by atoms with van der Waals surface area (Å²) in [5.41, 5.74) is 17.6. The first kappa shape index (κ1) is 21.4. The maximum atomic E-state index is 2.64. The third-order valence-corrected chi connectivity index (χ3v) is 9.43. The molecule has 0 saturated heterocycles. The average molecular weight is 498 g/mol. The monoisotopic (exact) mass is 498 g/mol. The van der Waals surface area contributed by atoms with E-state index >= 15 is 0 Å². The molecule has 0 bridgehead atoms. The van der Waals surface area contributed by atoms with Gasteiger partial charge in [0.2, 0.25) is 0 Å². The Morgan fingerprint density at radius 3 is 2.10 bits per heavy atom. The van der Waals surface area contributed by atoms with Crippen molar-refractivity contribution >= 4 is 51.1 Å². The van der Waals surface area contributed by atoms with E-state index in [0.29, 0.717) is 0 Å². The second-order valence-electron chi connectivity index (χ2n) is 11.8. The summed E-state index contributed by atoms with van der Waals surface area (Å²) in [5, 5.41) is 1.41. The van der Waals surface area contributed by atoms with Crippen molar-refractivity contribution < 1.29 is 0 Å². The van der Waals surface area contributed by atoms with Crippen LogP contribution in [0, 0.1) is 6.92 Å². The van der Waals surface area contributed by atoms with Crippen LogP contribution in [0.5, 0.6) is 0 Å². The smallest absolute Gasteiger partial charge is 0.252 e. The molecular weight excluding hydrogens is 471 g/mol. The Hall–Kier alpha value is -4.50. The van der Waals surface area contributed by atoms with Gasteiger partial charge in [0.15, 0.2) is 0 Å². The first-order valence-corrected chi connectivity index (χ1v) is 13.9. The van der Waals surface area contributed by atoms with Gasteiger partial charge in [0.05, 0.1) is 5.52 Å². The minimum Gasteiger partial charge on any atom is -0.313 e. The standard InChI is InChI=1S/C36H27BN2/c1-22-21-30-33-34-31(22)32-24-15-7-8-16-25(24)36(2,3)35(32)39(34)29-20-12-10-18-27(29)37(33)26-17-9-11-19-28(26)38(30)23-13-5-4-6-14-23/h4-21H,1-3H3. The number of fused-ring (bicyclic) bond motifs is 10. The van der Waals surface area contributed by atoms with Crippen LogP contribution in [0.25, 0.3) is 27.7 Å². The molecule has 9 rings (SSSR count). The van der Waals surface area contributed by atoms with Crippen LogP contribution in [-0.4, -0.2) is 11.3 Å². The van der Waals surface area contributed by atoms with E-state index in [1.807, 2.05) is 0 Å². The van der Waals surface area contributed by atoms with Crippen molar-refractivity contribution in [3.63, 3.8) is 0 Å². The first-order chi connectivity index (χ1) is 19.1. The summed E-state index contributed by atoms with van der Waals surface area (Å²) in [6.45, 7) is 7.31. The minimum absolute atomic E-state index is 0.101. The molecular formula is C36H27BN2. The zero-order valence-electron chi connectivity index (χ0n) is 22.4. The molecule has 2 aliphatic heterocycles. The van der Waals surface area contributed by atoms with Crippen LogP contribution in [-0.2, 0) is 5.41 Å². The summed E-state index contributed by atoms with van der Waals surface area (Å²) >= 11 is 0. The predicted molar refractivity (Wildman–Crippen MR) is 165 cm³/mol. The molecule has 0 atom stereocenters. The van der Waals surface area contributed by atoms with E-state index in [4.69, 9.17) is 0 Å². The molecule has 0 N–H and O–H groups in total. The molecule has 39 heavy (non-hydrogen) atoms. The van der Waals surface area contributed by atoms with E-state index in [2.05, 4.69) is 139 Å². The topological polar surface area (TPSA) is 8.17 Å². The number of aryl methyl sites for hydroxylation is 1. The largest absolute Gasteiger partial charge is 0.313 e. The van der Waals surface area contributed by atoms with Crippen molar-refractivity contribution in [1.29, 1.82) is 0 Å². The van der Waals surface area contributed by atoms with Gasteiger partial charge in [-0.1, -0.05) is 92.7 Å². The van der Waals surface area contributed by atoms with Gasteiger partial charge in [0.25, 0.3) is 6.71 Å². The lowest BCUT2D eigenvalue weighted by Crippen LogP contribution is -2.60. The van der Waals surface area contributed by atoms with E-state index in [0.717, 1.165) is 0 Å². The van der Waals surface area contributed by atoms with Gasteiger partial charge in [0, 0.05) is 44.8 Å². The van der Waals surface area contributed by atoms with Crippen LogP contribution in [0.1, 0.15) is 30.7 Å². The molecule has 0 spiro atoms. The number of rotatable bonds is 1. The highest BCUT2D eigenvalue weighted by molar-refractivity contribution is 7.00. The van der Waals surface area contributed by atoms with Crippen LogP contribution in [0.4, 0.5) is 17.1 Å². The Labute approximate surface area is 229 Å². The number of hydrogen-bond acceptors (Lipinski definition) is 1. The summed E-state index contributed by atoms with van der Waals surface area (Å²) < 4.78 is 2.64. The molecule has 1 aliphatic carbocycles. The molecule has 3 heteroatoms. The van der Waals surface area contributed by atoms with Gasteiger partial charge in [-0.2, -0.15) is 0 Å². The third-order valence-electron chi connectivity index (χ3n) is 9.43. The molecule has 0 unspecified atom stereocenters. The van der Waals surface area contributed by atoms with Gasteiger partial charge < -0.3 is 9.47 Å². The lowest BCUT2D eigenvalue weighted by Gasteiger charge is -2.40. The Bertz CT molecular complexity index is 2010.